The number of ketones is 1. The van der Waals surface area contributed by atoms with E-state index in [2.05, 4.69) is 15.5 Å². The highest BCUT2D eigenvalue weighted by Crippen LogP contribution is 2.41. The summed E-state index contributed by atoms with van der Waals surface area (Å²) in [4.78, 5) is 25.0. The maximum absolute atomic E-state index is 12.9. The van der Waals surface area contributed by atoms with E-state index in [1.54, 1.807) is 44.2 Å². The van der Waals surface area contributed by atoms with E-state index < -0.39 is 17.7 Å². The van der Waals surface area contributed by atoms with Crippen LogP contribution in [0.15, 0.2) is 40.6 Å². The summed E-state index contributed by atoms with van der Waals surface area (Å²) in [5.74, 6) is 0.352. The van der Waals surface area contributed by atoms with Crippen molar-refractivity contribution < 1.29 is 28.5 Å². The summed E-state index contributed by atoms with van der Waals surface area (Å²) in [7, 11) is 2.99. The quantitative estimate of drug-likeness (QED) is 0.377. The lowest BCUT2D eigenvalue weighted by molar-refractivity contribution is -0.126. The van der Waals surface area contributed by atoms with Gasteiger partial charge in [0.15, 0.2) is 17.3 Å². The second-order valence-corrected chi connectivity index (χ2v) is 6.78. The Balaban J connectivity index is 2.33. The normalized spacial score (nSPS) is 11.7. The number of carbonyl (C=O) groups excluding carboxylic acids is 2. The van der Waals surface area contributed by atoms with Gasteiger partial charge in [-0.1, -0.05) is 11.6 Å². The van der Waals surface area contributed by atoms with Crippen LogP contribution in [0.3, 0.4) is 0 Å². The number of hydrogen-bond donors (Lipinski definition) is 1. The molecule has 0 bridgehead atoms. The molecule has 2 rings (SSSR count). The van der Waals surface area contributed by atoms with Gasteiger partial charge in [-0.25, -0.2) is 0 Å². The van der Waals surface area contributed by atoms with Gasteiger partial charge in [0.25, 0.3) is 5.91 Å². The molecule has 1 atom stereocenters. The largest absolute Gasteiger partial charge is 0.497 e. The number of hydrogen-bond acceptors (Lipinski definition) is 8. The Morgan fingerprint density at radius 2 is 1.72 bits per heavy atom. The molecule has 1 unspecified atom stereocenters. The molecular weight excluding hydrogens is 438 g/mol. The Bertz CT molecular complexity index is 996. The molecule has 0 aliphatic rings. The minimum absolute atomic E-state index is 0.270. The zero-order chi connectivity index (χ0) is 23.7. The molecule has 172 valence electrons. The summed E-state index contributed by atoms with van der Waals surface area (Å²) in [5, 5.41) is 11.0. The van der Waals surface area contributed by atoms with Crippen LogP contribution in [0.1, 0.15) is 20.8 Å². The smallest absolute Gasteiger partial charge is 0.258 e. The number of methoxy groups -OCH3 is 2. The van der Waals surface area contributed by atoms with Crippen molar-refractivity contribution in [2.75, 3.05) is 32.8 Å². The molecule has 0 saturated heterocycles. The fourth-order valence-corrected chi connectivity index (χ4v) is 2.91. The Hall–Kier alpha value is -3.33. The topological polar surface area (TPSA) is 108 Å². The predicted molar refractivity (Wildman–Crippen MR) is 121 cm³/mol. The van der Waals surface area contributed by atoms with E-state index in [4.69, 9.17) is 30.5 Å². The van der Waals surface area contributed by atoms with Crippen molar-refractivity contribution in [1.82, 2.24) is 0 Å². The second-order valence-electron chi connectivity index (χ2n) is 6.37. The molecular formula is C22H26ClN3O6. The molecule has 1 amide bonds. The molecule has 0 radical (unpaired) electrons. The summed E-state index contributed by atoms with van der Waals surface area (Å²) < 4.78 is 21.6. The highest BCUT2D eigenvalue weighted by Gasteiger charge is 2.26. The molecule has 2 aromatic rings. The zero-order valence-electron chi connectivity index (χ0n) is 18.6. The standard InChI is InChI=1S/C22H26ClN3O6/c1-6-31-20-15(23)9-11-17(21(20)32-7-2)24-22(28)19(13(3)27)26-25-16-10-8-14(29-4)12-18(16)30-5/h8-12,19H,6-7H2,1-5H3,(H,24,28). The van der Waals surface area contributed by atoms with Crippen molar-refractivity contribution in [3.05, 3.63) is 35.4 Å². The molecule has 32 heavy (non-hydrogen) atoms. The van der Waals surface area contributed by atoms with Crippen molar-refractivity contribution >= 4 is 34.7 Å². The third-order valence-electron chi connectivity index (χ3n) is 4.20. The van der Waals surface area contributed by atoms with E-state index in [9.17, 15) is 9.59 Å². The minimum Gasteiger partial charge on any atom is -0.497 e. The molecule has 0 saturated carbocycles. The van der Waals surface area contributed by atoms with Gasteiger partial charge in [-0.05, 0) is 45.0 Å². The van der Waals surface area contributed by atoms with Crippen LogP contribution in [0.5, 0.6) is 23.0 Å². The Morgan fingerprint density at radius 1 is 1.03 bits per heavy atom. The first-order chi connectivity index (χ1) is 15.4. The molecule has 0 aliphatic carbocycles. The minimum atomic E-state index is -1.39. The van der Waals surface area contributed by atoms with Crippen LogP contribution >= 0.6 is 11.6 Å². The van der Waals surface area contributed by atoms with Crippen LogP contribution < -0.4 is 24.3 Å². The second kappa shape index (κ2) is 11.9. The maximum atomic E-state index is 12.9. The van der Waals surface area contributed by atoms with Gasteiger partial charge in [-0.3, -0.25) is 9.59 Å². The van der Waals surface area contributed by atoms with E-state index in [-0.39, 0.29) is 5.75 Å². The molecule has 0 spiro atoms. The first-order valence-corrected chi connectivity index (χ1v) is 10.3. The predicted octanol–water partition coefficient (Wildman–Crippen LogP) is 4.83. The van der Waals surface area contributed by atoms with Crippen LogP contribution in [0, 0.1) is 0 Å². The SMILES string of the molecule is CCOc1c(Cl)ccc(NC(=O)C(N=Nc2ccc(OC)cc2OC)C(C)=O)c1OCC. The molecule has 0 fully saturated rings. The van der Waals surface area contributed by atoms with Crippen LogP contribution in [0.25, 0.3) is 0 Å². The molecule has 9 nitrogen and oxygen atoms in total. The van der Waals surface area contributed by atoms with E-state index in [1.165, 1.54) is 21.1 Å². The molecule has 0 aliphatic heterocycles. The van der Waals surface area contributed by atoms with Crippen molar-refractivity contribution in [2.24, 2.45) is 10.2 Å². The van der Waals surface area contributed by atoms with Crippen molar-refractivity contribution in [3.63, 3.8) is 0 Å². The van der Waals surface area contributed by atoms with Gasteiger partial charge in [0, 0.05) is 6.07 Å². The van der Waals surface area contributed by atoms with E-state index in [0.717, 1.165) is 0 Å². The Kier molecular flexibility index (Phi) is 9.27. The number of halogens is 1. The van der Waals surface area contributed by atoms with Crippen LogP contribution in [0.2, 0.25) is 5.02 Å². The van der Waals surface area contributed by atoms with Crippen molar-refractivity contribution in [2.45, 2.75) is 26.8 Å². The van der Waals surface area contributed by atoms with E-state index in [1.807, 2.05) is 0 Å². The average Bonchev–Trinajstić information content (AvgIpc) is 2.78. The maximum Gasteiger partial charge on any atom is 0.258 e. The number of rotatable bonds is 11. The number of carbonyl (C=O) groups is 2. The first kappa shape index (κ1) is 24.9. The number of azo groups is 1. The Morgan fingerprint density at radius 3 is 2.31 bits per heavy atom. The van der Waals surface area contributed by atoms with Gasteiger partial charge in [0.1, 0.15) is 17.2 Å². The Labute approximate surface area is 191 Å². The van der Waals surface area contributed by atoms with Crippen molar-refractivity contribution in [3.8, 4) is 23.0 Å². The third kappa shape index (κ3) is 6.10. The summed E-state index contributed by atoms with van der Waals surface area (Å²) in [6, 6.07) is 6.64. The molecule has 0 aromatic heterocycles. The van der Waals surface area contributed by atoms with Gasteiger partial charge in [-0.15, -0.1) is 0 Å². The lowest BCUT2D eigenvalue weighted by Gasteiger charge is -2.17. The fraction of sp³-hybridized carbons (Fsp3) is 0.364. The molecule has 1 N–H and O–H groups in total. The van der Waals surface area contributed by atoms with Gasteiger partial charge < -0.3 is 24.3 Å². The fourth-order valence-electron chi connectivity index (χ4n) is 2.71. The monoisotopic (exact) mass is 463 g/mol. The average molecular weight is 464 g/mol. The highest BCUT2D eigenvalue weighted by molar-refractivity contribution is 6.32. The van der Waals surface area contributed by atoms with Gasteiger partial charge in [-0.2, -0.15) is 10.2 Å². The molecule has 10 heteroatoms. The zero-order valence-corrected chi connectivity index (χ0v) is 19.4. The first-order valence-electron chi connectivity index (χ1n) is 9.88. The van der Waals surface area contributed by atoms with E-state index >= 15 is 0 Å². The summed E-state index contributed by atoms with van der Waals surface area (Å²) in [6.07, 6.45) is 0. The number of benzene rings is 2. The molecule has 0 heterocycles. The number of ether oxygens (including phenoxy) is 4. The number of Topliss-reactive ketones (excluding diaryl/α,β-unsaturated/α-hetero) is 1. The van der Waals surface area contributed by atoms with Crippen molar-refractivity contribution in [1.29, 1.82) is 0 Å². The van der Waals surface area contributed by atoms with Gasteiger partial charge in [0.2, 0.25) is 6.04 Å². The highest BCUT2D eigenvalue weighted by atomic mass is 35.5. The number of nitrogens with zero attached hydrogens (tertiary/aromatic N) is 2. The summed E-state index contributed by atoms with van der Waals surface area (Å²) in [5.41, 5.74) is 0.639. The summed E-state index contributed by atoms with van der Waals surface area (Å²) in [6.45, 7) is 5.51. The molecule has 2 aromatic carbocycles. The number of nitrogens with one attached hydrogen (secondary N) is 1. The lowest BCUT2D eigenvalue weighted by atomic mass is 10.2. The third-order valence-corrected chi connectivity index (χ3v) is 4.50. The van der Waals surface area contributed by atoms with Crippen LogP contribution in [-0.4, -0.2) is 45.2 Å². The van der Waals surface area contributed by atoms with Gasteiger partial charge >= 0.3 is 0 Å². The summed E-state index contributed by atoms with van der Waals surface area (Å²) >= 11 is 6.21. The van der Waals surface area contributed by atoms with Crippen LogP contribution in [-0.2, 0) is 9.59 Å². The van der Waals surface area contributed by atoms with E-state index in [0.29, 0.717) is 46.9 Å². The number of amides is 1. The van der Waals surface area contributed by atoms with Crippen LogP contribution in [0.4, 0.5) is 11.4 Å². The number of anilines is 1. The lowest BCUT2D eigenvalue weighted by Crippen LogP contribution is -2.32. The van der Waals surface area contributed by atoms with Gasteiger partial charge in [0.05, 0.1) is 38.1 Å².